The molecule has 1 atom stereocenters. The first kappa shape index (κ1) is 50.4. The molecule has 0 saturated heterocycles. The molecule has 6 heteroatoms. The summed E-state index contributed by atoms with van der Waals surface area (Å²) in [6.07, 6.45) is 48.3. The van der Waals surface area contributed by atoms with Crippen molar-refractivity contribution in [2.45, 2.75) is 219 Å². The van der Waals surface area contributed by atoms with Gasteiger partial charge >= 0.3 is 17.9 Å². The van der Waals surface area contributed by atoms with Crippen LogP contribution in [0.15, 0.2) is 48.6 Å². The Morgan fingerprint density at radius 1 is 0.377 bits per heavy atom. The molecule has 0 fully saturated rings. The number of carbonyl (C=O) groups excluding carboxylic acids is 3. The molecule has 0 aliphatic heterocycles. The fraction of sp³-hybridized carbons (Fsp3) is 0.766. The molecule has 0 spiro atoms. The van der Waals surface area contributed by atoms with Crippen LogP contribution < -0.4 is 0 Å². The zero-order valence-corrected chi connectivity index (χ0v) is 34.8. The molecule has 0 aliphatic rings. The van der Waals surface area contributed by atoms with Gasteiger partial charge < -0.3 is 14.2 Å². The van der Waals surface area contributed by atoms with E-state index in [9.17, 15) is 14.4 Å². The molecule has 53 heavy (non-hydrogen) atoms. The lowest BCUT2D eigenvalue weighted by molar-refractivity contribution is -0.167. The van der Waals surface area contributed by atoms with Crippen molar-refractivity contribution in [3.8, 4) is 0 Å². The van der Waals surface area contributed by atoms with Gasteiger partial charge in [0, 0.05) is 19.3 Å². The highest BCUT2D eigenvalue weighted by atomic mass is 16.6. The maximum Gasteiger partial charge on any atom is 0.306 e. The number of hydrogen-bond acceptors (Lipinski definition) is 6. The molecule has 0 N–H and O–H groups in total. The molecule has 0 rings (SSSR count). The second-order valence-corrected chi connectivity index (χ2v) is 14.6. The highest BCUT2D eigenvalue weighted by molar-refractivity contribution is 5.71. The van der Waals surface area contributed by atoms with Gasteiger partial charge in [-0.15, -0.1) is 0 Å². The van der Waals surface area contributed by atoms with Gasteiger partial charge in [0.15, 0.2) is 6.10 Å². The lowest BCUT2D eigenvalue weighted by Crippen LogP contribution is -2.30. The second-order valence-electron chi connectivity index (χ2n) is 14.6. The Balaban J connectivity index is 4.35. The number of allylic oxidation sites excluding steroid dienone is 8. The van der Waals surface area contributed by atoms with E-state index in [1.165, 1.54) is 103 Å². The van der Waals surface area contributed by atoms with Gasteiger partial charge in [-0.1, -0.05) is 153 Å². The number of carbonyl (C=O) groups is 3. The minimum atomic E-state index is -0.797. The van der Waals surface area contributed by atoms with Crippen LogP contribution in [0, 0.1) is 0 Å². The summed E-state index contributed by atoms with van der Waals surface area (Å²) in [6, 6.07) is 0. The molecule has 0 radical (unpaired) electrons. The molecule has 0 aromatic heterocycles. The fourth-order valence-electron chi connectivity index (χ4n) is 5.89. The van der Waals surface area contributed by atoms with Gasteiger partial charge in [0.25, 0.3) is 0 Å². The summed E-state index contributed by atoms with van der Waals surface area (Å²) in [5.74, 6) is -0.982. The van der Waals surface area contributed by atoms with Crippen molar-refractivity contribution in [1.29, 1.82) is 0 Å². The molecule has 0 aliphatic carbocycles. The average Bonchev–Trinajstić information content (AvgIpc) is 3.15. The second kappa shape index (κ2) is 42.1. The monoisotopic (exact) mass is 743 g/mol. The molecule has 0 aromatic carbocycles. The molecule has 0 amide bonds. The van der Waals surface area contributed by atoms with E-state index in [-0.39, 0.29) is 37.5 Å². The predicted molar refractivity (Wildman–Crippen MR) is 224 cm³/mol. The van der Waals surface area contributed by atoms with Crippen molar-refractivity contribution >= 4 is 17.9 Å². The lowest BCUT2D eigenvalue weighted by atomic mass is 10.1. The third kappa shape index (κ3) is 40.4. The molecule has 0 heterocycles. The quantitative estimate of drug-likeness (QED) is 0.0270. The third-order valence-electron chi connectivity index (χ3n) is 9.28. The molecule has 306 valence electrons. The first-order valence-corrected chi connectivity index (χ1v) is 22.1. The molecule has 0 bridgehead atoms. The Morgan fingerprint density at radius 2 is 0.698 bits per heavy atom. The van der Waals surface area contributed by atoms with E-state index >= 15 is 0 Å². The van der Waals surface area contributed by atoms with Crippen LogP contribution in [-0.2, 0) is 28.6 Å². The van der Waals surface area contributed by atoms with Crippen molar-refractivity contribution in [2.75, 3.05) is 13.2 Å². The Kier molecular flexibility index (Phi) is 40.0. The van der Waals surface area contributed by atoms with E-state index in [1.807, 2.05) is 0 Å². The van der Waals surface area contributed by atoms with Gasteiger partial charge in [-0.05, 0) is 89.9 Å². The Morgan fingerprint density at radius 3 is 1.17 bits per heavy atom. The Labute approximate surface area is 327 Å². The van der Waals surface area contributed by atoms with Gasteiger partial charge in [0.1, 0.15) is 13.2 Å². The number of rotatable bonds is 39. The number of esters is 3. The van der Waals surface area contributed by atoms with Crippen molar-refractivity contribution < 1.29 is 28.6 Å². The summed E-state index contributed by atoms with van der Waals surface area (Å²) in [6.45, 7) is 6.47. The Bertz CT molecular complexity index is 949. The van der Waals surface area contributed by atoms with Crippen molar-refractivity contribution in [2.24, 2.45) is 0 Å². The zero-order chi connectivity index (χ0) is 38.7. The first-order chi connectivity index (χ1) is 26.0. The number of hydrogen-bond donors (Lipinski definition) is 0. The standard InChI is InChI=1S/C47H82O6/c1-4-7-10-13-16-19-20-21-22-23-24-25-26-29-31-34-37-40-46(49)52-43-44(53-47(50)41-38-35-32-28-18-15-12-9-6-3)42-51-45(48)39-36-33-30-27-17-14-11-8-5-2/h16,19,21-22,27-28,30,32,44H,4-15,17-18,20,23-26,29,31,33-43H2,1-3H3/b19-16-,22-21-,30-27-,32-28-. The van der Waals surface area contributed by atoms with Crippen molar-refractivity contribution in [3.63, 3.8) is 0 Å². The highest BCUT2D eigenvalue weighted by Gasteiger charge is 2.19. The van der Waals surface area contributed by atoms with Crippen LogP contribution in [0.5, 0.6) is 0 Å². The summed E-state index contributed by atoms with van der Waals surface area (Å²) in [4.78, 5) is 37.5. The smallest absolute Gasteiger partial charge is 0.306 e. The first-order valence-electron chi connectivity index (χ1n) is 22.1. The molecular formula is C47H82O6. The average molecular weight is 743 g/mol. The maximum atomic E-state index is 12.6. The maximum absolute atomic E-state index is 12.6. The largest absolute Gasteiger partial charge is 0.462 e. The number of unbranched alkanes of at least 4 members (excludes halogenated alkanes) is 20. The molecular weight excluding hydrogens is 661 g/mol. The molecule has 1 unspecified atom stereocenters. The number of ether oxygens (including phenoxy) is 3. The van der Waals surface area contributed by atoms with Gasteiger partial charge in [-0.25, -0.2) is 0 Å². The third-order valence-corrected chi connectivity index (χ3v) is 9.28. The Hall–Kier alpha value is -2.63. The fourth-order valence-corrected chi connectivity index (χ4v) is 5.89. The van der Waals surface area contributed by atoms with Crippen LogP contribution in [0.25, 0.3) is 0 Å². The summed E-state index contributed by atoms with van der Waals surface area (Å²) < 4.78 is 16.6. The van der Waals surface area contributed by atoms with E-state index in [0.717, 1.165) is 57.8 Å². The summed E-state index contributed by atoms with van der Waals surface area (Å²) in [7, 11) is 0. The van der Waals surface area contributed by atoms with E-state index in [4.69, 9.17) is 14.2 Å². The lowest BCUT2D eigenvalue weighted by Gasteiger charge is -2.18. The van der Waals surface area contributed by atoms with Gasteiger partial charge in [0.05, 0.1) is 0 Å². The molecule has 0 aromatic rings. The van der Waals surface area contributed by atoms with E-state index in [0.29, 0.717) is 25.7 Å². The molecule has 0 saturated carbocycles. The minimum Gasteiger partial charge on any atom is -0.462 e. The summed E-state index contributed by atoms with van der Waals surface area (Å²) >= 11 is 0. The van der Waals surface area contributed by atoms with Crippen molar-refractivity contribution in [1.82, 2.24) is 0 Å². The van der Waals surface area contributed by atoms with Crippen molar-refractivity contribution in [3.05, 3.63) is 48.6 Å². The normalized spacial score (nSPS) is 12.4. The summed E-state index contributed by atoms with van der Waals surface area (Å²) in [5.41, 5.74) is 0. The van der Waals surface area contributed by atoms with Crippen LogP contribution in [0.1, 0.15) is 213 Å². The van der Waals surface area contributed by atoms with Crippen LogP contribution in [0.3, 0.4) is 0 Å². The van der Waals surface area contributed by atoms with E-state index in [1.54, 1.807) is 0 Å². The van der Waals surface area contributed by atoms with E-state index < -0.39 is 6.10 Å². The summed E-state index contributed by atoms with van der Waals surface area (Å²) in [5, 5.41) is 0. The molecule has 6 nitrogen and oxygen atoms in total. The van der Waals surface area contributed by atoms with E-state index in [2.05, 4.69) is 69.4 Å². The van der Waals surface area contributed by atoms with Crippen LogP contribution in [0.4, 0.5) is 0 Å². The SMILES string of the molecule is CCCCC/C=C\C/C=C\CCCCCCCCCC(=O)OCC(COC(=O)CCC/C=C\CCCCCC)OC(=O)CCC/C=C\CCCCCC. The highest BCUT2D eigenvalue weighted by Crippen LogP contribution is 2.12. The topological polar surface area (TPSA) is 78.9 Å². The van der Waals surface area contributed by atoms with Gasteiger partial charge in [0.2, 0.25) is 0 Å². The predicted octanol–water partition coefficient (Wildman–Crippen LogP) is 14.0. The van der Waals surface area contributed by atoms with Gasteiger partial charge in [-0.3, -0.25) is 14.4 Å². The van der Waals surface area contributed by atoms with Crippen LogP contribution in [0.2, 0.25) is 0 Å². The minimum absolute atomic E-state index is 0.0972. The van der Waals surface area contributed by atoms with Gasteiger partial charge in [-0.2, -0.15) is 0 Å². The van der Waals surface area contributed by atoms with Crippen LogP contribution >= 0.6 is 0 Å². The zero-order valence-electron chi connectivity index (χ0n) is 34.8. The van der Waals surface area contributed by atoms with Crippen LogP contribution in [-0.4, -0.2) is 37.2 Å².